The van der Waals surface area contributed by atoms with Gasteiger partial charge in [-0.05, 0) is 62.3 Å². The number of rotatable bonds is 10. The zero-order valence-electron chi connectivity index (χ0n) is 16.4. The first-order valence-electron chi connectivity index (χ1n) is 9.92. The van der Waals surface area contributed by atoms with Crippen molar-refractivity contribution in [2.45, 2.75) is 65.2 Å². The van der Waals surface area contributed by atoms with Crippen LogP contribution in [0.25, 0.3) is 0 Å². The van der Waals surface area contributed by atoms with Crippen molar-refractivity contribution in [3.8, 4) is 0 Å². The summed E-state index contributed by atoms with van der Waals surface area (Å²) in [5, 5.41) is 8.65. The summed E-state index contributed by atoms with van der Waals surface area (Å²) in [7, 11) is 0. The summed E-state index contributed by atoms with van der Waals surface area (Å²) in [6.45, 7) is 4.02. The second-order valence-electron chi connectivity index (χ2n) is 7.64. The third kappa shape index (κ3) is 6.46. The van der Waals surface area contributed by atoms with Crippen LogP contribution in [0.5, 0.6) is 0 Å². The summed E-state index contributed by atoms with van der Waals surface area (Å²) >= 11 is 0. The molecule has 0 bridgehead atoms. The van der Waals surface area contributed by atoms with Gasteiger partial charge >= 0.3 is 5.97 Å². The number of carbonyl (C=O) groups excluding carboxylic acids is 2. The fourth-order valence-electron chi connectivity index (χ4n) is 3.74. The fourth-order valence-corrected chi connectivity index (χ4v) is 3.74. The fraction of sp³-hybridized carbons (Fsp3) is 0.522. The first kappa shape index (κ1) is 21.1. The van der Waals surface area contributed by atoms with Gasteiger partial charge in [-0.1, -0.05) is 37.5 Å². The number of carbonyl (C=O) groups is 3. The van der Waals surface area contributed by atoms with Crippen molar-refractivity contribution in [2.75, 3.05) is 0 Å². The molecule has 0 aliphatic heterocycles. The Labute approximate surface area is 161 Å². The quantitative estimate of drug-likeness (QED) is 0.355. The minimum atomic E-state index is -0.750. The van der Waals surface area contributed by atoms with E-state index in [4.69, 9.17) is 5.11 Å². The molecule has 2 unspecified atom stereocenters. The van der Waals surface area contributed by atoms with Crippen LogP contribution in [0.2, 0.25) is 0 Å². The van der Waals surface area contributed by atoms with E-state index in [-0.39, 0.29) is 24.0 Å². The van der Waals surface area contributed by atoms with Gasteiger partial charge < -0.3 is 5.11 Å². The van der Waals surface area contributed by atoms with Crippen LogP contribution in [0.1, 0.15) is 72.9 Å². The van der Waals surface area contributed by atoms with E-state index in [9.17, 15) is 14.4 Å². The molecule has 0 heterocycles. The van der Waals surface area contributed by atoms with Crippen LogP contribution in [0.4, 0.5) is 0 Å². The average Bonchev–Trinajstić information content (AvgIpc) is 2.98. The lowest BCUT2D eigenvalue weighted by Gasteiger charge is -2.14. The van der Waals surface area contributed by atoms with E-state index >= 15 is 0 Å². The van der Waals surface area contributed by atoms with Gasteiger partial charge in [0.2, 0.25) is 0 Å². The summed E-state index contributed by atoms with van der Waals surface area (Å²) < 4.78 is 0. The molecule has 1 saturated carbocycles. The Bertz CT molecular complexity index is 717. The van der Waals surface area contributed by atoms with Gasteiger partial charge in [0.15, 0.2) is 5.78 Å². The standard InChI is InChI=1S/C23H30O4/c1-16-9-10-19(15-17(16)2)21(24)13-11-18-12-14-22(25)20(18)7-5-3-4-6-8-23(26)27/h9-11,13,15,18,20H,3-8,12,14H2,1-2H3,(H,26,27). The van der Waals surface area contributed by atoms with E-state index in [0.717, 1.165) is 37.7 Å². The number of hydrogen-bond donors (Lipinski definition) is 1. The maximum Gasteiger partial charge on any atom is 0.303 e. The predicted molar refractivity (Wildman–Crippen MR) is 106 cm³/mol. The molecule has 0 aromatic heterocycles. The van der Waals surface area contributed by atoms with E-state index in [2.05, 4.69) is 0 Å². The van der Waals surface area contributed by atoms with Crippen LogP contribution in [0.15, 0.2) is 30.4 Å². The molecule has 27 heavy (non-hydrogen) atoms. The van der Waals surface area contributed by atoms with Crippen molar-refractivity contribution in [1.29, 1.82) is 0 Å². The molecule has 0 spiro atoms. The predicted octanol–water partition coefficient (Wildman–Crippen LogP) is 5.06. The molecule has 4 heteroatoms. The highest BCUT2D eigenvalue weighted by atomic mass is 16.4. The van der Waals surface area contributed by atoms with Gasteiger partial charge in [0.1, 0.15) is 5.78 Å². The Morgan fingerprint density at radius 3 is 2.56 bits per heavy atom. The van der Waals surface area contributed by atoms with Crippen LogP contribution in [-0.4, -0.2) is 22.6 Å². The topological polar surface area (TPSA) is 71.4 Å². The lowest BCUT2D eigenvalue weighted by Crippen LogP contribution is -2.13. The highest BCUT2D eigenvalue weighted by molar-refractivity contribution is 6.04. The molecule has 0 radical (unpaired) electrons. The minimum absolute atomic E-state index is 0.00766. The molecular formula is C23H30O4. The molecule has 1 aliphatic carbocycles. The Hall–Kier alpha value is -2.23. The average molecular weight is 370 g/mol. The number of ketones is 2. The summed E-state index contributed by atoms with van der Waals surface area (Å²) in [5.41, 5.74) is 2.96. The van der Waals surface area contributed by atoms with E-state index in [1.165, 1.54) is 5.56 Å². The van der Waals surface area contributed by atoms with Gasteiger partial charge in [-0.2, -0.15) is 0 Å². The van der Waals surface area contributed by atoms with Crippen molar-refractivity contribution in [3.63, 3.8) is 0 Å². The summed E-state index contributed by atoms with van der Waals surface area (Å²) in [4.78, 5) is 35.1. The van der Waals surface area contributed by atoms with E-state index < -0.39 is 5.97 Å². The van der Waals surface area contributed by atoms with Crippen molar-refractivity contribution >= 4 is 17.5 Å². The lowest BCUT2D eigenvalue weighted by atomic mass is 9.89. The van der Waals surface area contributed by atoms with E-state index in [1.807, 2.05) is 38.1 Å². The van der Waals surface area contributed by atoms with Crippen molar-refractivity contribution in [2.24, 2.45) is 11.8 Å². The molecule has 1 aromatic rings. The molecule has 1 N–H and O–H groups in total. The first-order chi connectivity index (χ1) is 12.9. The third-order valence-corrected chi connectivity index (χ3v) is 5.60. The second-order valence-corrected chi connectivity index (χ2v) is 7.64. The highest BCUT2D eigenvalue weighted by Gasteiger charge is 2.32. The van der Waals surface area contributed by atoms with Crippen molar-refractivity contribution in [3.05, 3.63) is 47.0 Å². The number of carboxylic acid groups (broad SMARTS) is 1. The molecule has 2 rings (SSSR count). The maximum absolute atomic E-state index is 12.4. The second kappa shape index (κ2) is 10.2. The molecular weight excluding hydrogens is 340 g/mol. The smallest absolute Gasteiger partial charge is 0.303 e. The Morgan fingerprint density at radius 2 is 1.85 bits per heavy atom. The zero-order valence-corrected chi connectivity index (χ0v) is 16.4. The summed E-state index contributed by atoms with van der Waals surface area (Å²) in [6, 6.07) is 5.72. The number of unbranched alkanes of at least 4 members (excludes halogenated alkanes) is 3. The Morgan fingerprint density at radius 1 is 1.11 bits per heavy atom. The minimum Gasteiger partial charge on any atom is -0.481 e. The van der Waals surface area contributed by atoms with E-state index in [1.54, 1.807) is 6.08 Å². The van der Waals surface area contributed by atoms with Gasteiger partial charge in [0.25, 0.3) is 0 Å². The van der Waals surface area contributed by atoms with Gasteiger partial charge in [-0.25, -0.2) is 0 Å². The summed E-state index contributed by atoms with van der Waals surface area (Å²) in [6.07, 6.45) is 9.49. The number of benzene rings is 1. The van der Waals surface area contributed by atoms with Gasteiger partial charge in [-0.3, -0.25) is 14.4 Å². The summed E-state index contributed by atoms with van der Waals surface area (Å²) in [5.74, 6) is -0.307. The van der Waals surface area contributed by atoms with Crippen LogP contribution in [-0.2, 0) is 9.59 Å². The molecule has 2 atom stereocenters. The molecule has 0 amide bonds. The molecule has 146 valence electrons. The molecule has 0 saturated heterocycles. The monoisotopic (exact) mass is 370 g/mol. The number of aliphatic carboxylic acids is 1. The van der Waals surface area contributed by atoms with Gasteiger partial charge in [0.05, 0.1) is 0 Å². The first-order valence-corrected chi connectivity index (χ1v) is 9.92. The number of hydrogen-bond acceptors (Lipinski definition) is 3. The highest BCUT2D eigenvalue weighted by Crippen LogP contribution is 2.34. The zero-order chi connectivity index (χ0) is 19.8. The van der Waals surface area contributed by atoms with Crippen LogP contribution >= 0.6 is 0 Å². The number of carboxylic acids is 1. The lowest BCUT2D eigenvalue weighted by molar-refractivity contribution is -0.137. The largest absolute Gasteiger partial charge is 0.481 e. The normalized spacial score (nSPS) is 19.7. The maximum atomic E-state index is 12.4. The van der Waals surface area contributed by atoms with Crippen LogP contribution in [0, 0.1) is 25.7 Å². The SMILES string of the molecule is Cc1ccc(C(=O)C=CC2CCC(=O)C2CCCCCCC(=O)O)cc1C. The number of Topliss-reactive ketones (excluding diaryl/α,β-unsaturated/α-hetero) is 1. The van der Waals surface area contributed by atoms with Gasteiger partial charge in [-0.15, -0.1) is 0 Å². The van der Waals surface area contributed by atoms with Gasteiger partial charge in [0, 0.05) is 24.3 Å². The Kier molecular flexibility index (Phi) is 7.96. The molecule has 1 aromatic carbocycles. The molecule has 1 fully saturated rings. The Balaban J connectivity index is 1.85. The number of aryl methyl sites for hydroxylation is 2. The van der Waals surface area contributed by atoms with Crippen molar-refractivity contribution in [1.82, 2.24) is 0 Å². The number of allylic oxidation sites excluding steroid dienone is 2. The molecule has 1 aliphatic rings. The van der Waals surface area contributed by atoms with Crippen LogP contribution < -0.4 is 0 Å². The van der Waals surface area contributed by atoms with Crippen molar-refractivity contribution < 1.29 is 19.5 Å². The molecule has 4 nitrogen and oxygen atoms in total. The third-order valence-electron chi connectivity index (χ3n) is 5.60. The van der Waals surface area contributed by atoms with E-state index in [0.29, 0.717) is 24.2 Å². The van der Waals surface area contributed by atoms with Crippen LogP contribution in [0.3, 0.4) is 0 Å².